The van der Waals surface area contributed by atoms with E-state index in [1.165, 1.54) is 12.3 Å². The third kappa shape index (κ3) is 3.38. The molecule has 0 aliphatic rings. The van der Waals surface area contributed by atoms with E-state index in [4.69, 9.17) is 4.78 Å². The van der Waals surface area contributed by atoms with Crippen molar-refractivity contribution in [3.8, 4) is 11.4 Å². The van der Waals surface area contributed by atoms with Gasteiger partial charge in [0.1, 0.15) is 11.4 Å². The van der Waals surface area contributed by atoms with E-state index in [-0.39, 0.29) is 27.7 Å². The van der Waals surface area contributed by atoms with Crippen molar-refractivity contribution in [3.05, 3.63) is 44.9 Å². The van der Waals surface area contributed by atoms with Crippen LogP contribution in [0.2, 0.25) is 0 Å². The minimum absolute atomic E-state index is 0.00290. The summed E-state index contributed by atoms with van der Waals surface area (Å²) in [6, 6.07) is 3.20. The Bertz CT molecular complexity index is 1210. The fourth-order valence-electron chi connectivity index (χ4n) is 2.62. The predicted molar refractivity (Wildman–Crippen MR) is 96.0 cm³/mol. The van der Waals surface area contributed by atoms with Crippen molar-refractivity contribution >= 4 is 31.3 Å². The Morgan fingerprint density at radius 1 is 1.30 bits per heavy atom. The van der Waals surface area contributed by atoms with Gasteiger partial charge in [-0.05, 0) is 22.0 Å². The summed E-state index contributed by atoms with van der Waals surface area (Å²) >= 11 is 3.19. The lowest BCUT2D eigenvalue weighted by Crippen LogP contribution is -2.22. The van der Waals surface area contributed by atoms with Gasteiger partial charge in [0.15, 0.2) is 5.65 Å². The van der Waals surface area contributed by atoms with E-state index in [9.17, 15) is 22.2 Å². The molecule has 12 heteroatoms. The van der Waals surface area contributed by atoms with Gasteiger partial charge in [-0.3, -0.25) is 14.5 Å². The van der Waals surface area contributed by atoms with Gasteiger partial charge in [-0.25, -0.2) is 14.0 Å². The van der Waals surface area contributed by atoms with E-state index in [1.54, 1.807) is 6.92 Å². The summed E-state index contributed by atoms with van der Waals surface area (Å²) in [4.78, 5) is 20.7. The molecule has 0 aliphatic carbocycles. The van der Waals surface area contributed by atoms with Crippen LogP contribution in [0.3, 0.4) is 0 Å². The molecular formula is C15H13BrF3N5O2S. The van der Waals surface area contributed by atoms with Crippen molar-refractivity contribution in [3.63, 3.8) is 0 Å². The smallest absolute Gasteiger partial charge is 0.275 e. The molecule has 3 heterocycles. The molecule has 0 saturated carbocycles. The zero-order valence-electron chi connectivity index (χ0n) is 14.0. The van der Waals surface area contributed by atoms with Gasteiger partial charge in [0.05, 0.1) is 20.3 Å². The fraction of sp³-hybridized carbons (Fsp3) is 0.267. The Balaban J connectivity index is 2.34. The number of halogens is 4. The Morgan fingerprint density at radius 3 is 2.56 bits per heavy atom. The zero-order chi connectivity index (χ0) is 20.1. The molecule has 1 N–H and O–H groups in total. The van der Waals surface area contributed by atoms with Crippen molar-refractivity contribution in [1.82, 2.24) is 19.2 Å². The van der Waals surface area contributed by atoms with Crippen molar-refractivity contribution in [2.45, 2.75) is 18.0 Å². The highest BCUT2D eigenvalue weighted by Crippen LogP contribution is 2.31. The maximum absolute atomic E-state index is 13.1. The number of rotatable bonds is 3. The Kier molecular flexibility index (Phi) is 4.67. The first kappa shape index (κ1) is 19.5. The Labute approximate surface area is 159 Å². The number of hydrogen-bond acceptors (Lipinski definition) is 5. The van der Waals surface area contributed by atoms with Gasteiger partial charge in [-0.15, -0.1) is 0 Å². The van der Waals surface area contributed by atoms with Crippen LogP contribution in [0, 0.1) is 4.78 Å². The van der Waals surface area contributed by atoms with Crippen LogP contribution in [0.15, 0.2) is 38.6 Å². The molecule has 27 heavy (non-hydrogen) atoms. The monoisotopic (exact) mass is 463 g/mol. The molecule has 3 aromatic heterocycles. The van der Waals surface area contributed by atoms with Crippen molar-refractivity contribution in [1.29, 1.82) is 4.78 Å². The highest BCUT2D eigenvalue weighted by Gasteiger charge is 2.35. The van der Waals surface area contributed by atoms with Crippen molar-refractivity contribution in [2.75, 3.05) is 5.75 Å². The molecule has 0 fully saturated rings. The molecule has 1 unspecified atom stereocenters. The highest BCUT2D eigenvalue weighted by molar-refractivity contribution is 9.10. The van der Waals surface area contributed by atoms with Gasteiger partial charge >= 0.3 is 6.18 Å². The summed E-state index contributed by atoms with van der Waals surface area (Å²) in [6.07, 6.45) is -3.28. The first-order valence-electron chi connectivity index (χ1n) is 7.55. The van der Waals surface area contributed by atoms with Gasteiger partial charge in [-0.2, -0.15) is 17.7 Å². The molecule has 0 bridgehead atoms. The van der Waals surface area contributed by atoms with Crippen molar-refractivity contribution in [2.24, 2.45) is 7.05 Å². The highest BCUT2D eigenvalue weighted by atomic mass is 79.9. The molecule has 7 nitrogen and oxygen atoms in total. The summed E-state index contributed by atoms with van der Waals surface area (Å²) in [6.45, 7) is 1.57. The van der Waals surface area contributed by atoms with E-state index in [0.717, 1.165) is 23.7 Å². The second kappa shape index (κ2) is 6.44. The standard InChI is InChI=1S/C15H13BrF3N5O2S/c1-3-27(20,26)10-4-8(16)7-21-14(10)9-5-13(25)24-12(22-9)6-11(23(24)2)15(17,18)19/h4-7,20H,3H2,1-2H3. The van der Waals surface area contributed by atoms with Crippen molar-refractivity contribution < 1.29 is 17.4 Å². The number of aromatic nitrogens is 4. The van der Waals surface area contributed by atoms with Crippen LogP contribution in [-0.4, -0.2) is 29.1 Å². The number of nitrogens with one attached hydrogen (secondary N) is 1. The van der Waals surface area contributed by atoms with E-state index in [1.807, 2.05) is 0 Å². The number of nitrogens with zero attached hydrogens (tertiary/aromatic N) is 4. The van der Waals surface area contributed by atoms with E-state index in [0.29, 0.717) is 9.15 Å². The number of alkyl halides is 3. The summed E-state index contributed by atoms with van der Waals surface area (Å²) in [5.41, 5.74) is -2.04. The van der Waals surface area contributed by atoms with Crippen LogP contribution in [0.5, 0.6) is 0 Å². The topological polar surface area (TPSA) is 93.1 Å². The van der Waals surface area contributed by atoms with Crippen LogP contribution in [0.1, 0.15) is 12.6 Å². The number of pyridine rings is 1. The quantitative estimate of drug-likeness (QED) is 0.644. The summed E-state index contributed by atoms with van der Waals surface area (Å²) in [5, 5.41) is 0. The third-order valence-electron chi connectivity index (χ3n) is 3.95. The lowest BCUT2D eigenvalue weighted by Gasteiger charge is -2.11. The molecular weight excluding hydrogens is 451 g/mol. The third-order valence-corrected chi connectivity index (χ3v) is 6.22. The first-order valence-corrected chi connectivity index (χ1v) is 10.1. The molecule has 3 aromatic rings. The summed E-state index contributed by atoms with van der Waals surface area (Å²) in [5.74, 6) is 0.00290. The van der Waals surface area contributed by atoms with E-state index >= 15 is 0 Å². The average molecular weight is 464 g/mol. The van der Waals surface area contributed by atoms with Gasteiger partial charge in [0, 0.05) is 35.6 Å². The number of hydrogen-bond donors (Lipinski definition) is 1. The van der Waals surface area contributed by atoms with Gasteiger partial charge in [0.2, 0.25) is 0 Å². The molecule has 0 amide bonds. The minimum atomic E-state index is -4.66. The fourth-order valence-corrected chi connectivity index (χ4v) is 4.20. The SMILES string of the molecule is CCS(=N)(=O)c1cc(Br)cnc1-c1cc(=O)n2c(cc(C(F)(F)F)n2C)n1. The van der Waals surface area contributed by atoms with Gasteiger partial charge in [-0.1, -0.05) is 6.92 Å². The average Bonchev–Trinajstić information content (AvgIpc) is 2.92. The minimum Gasteiger partial charge on any atom is -0.275 e. The van der Waals surface area contributed by atoms with Crippen LogP contribution in [0.4, 0.5) is 13.2 Å². The second-order valence-corrected chi connectivity index (χ2v) is 8.95. The summed E-state index contributed by atoms with van der Waals surface area (Å²) in [7, 11) is -2.11. The number of aryl methyl sites for hydroxylation is 1. The lowest BCUT2D eigenvalue weighted by molar-refractivity contribution is -0.143. The van der Waals surface area contributed by atoms with Crippen LogP contribution >= 0.6 is 15.9 Å². The molecule has 3 rings (SSSR count). The maximum Gasteiger partial charge on any atom is 0.433 e. The molecule has 0 saturated heterocycles. The molecule has 0 radical (unpaired) electrons. The van der Waals surface area contributed by atoms with Crippen LogP contribution in [0.25, 0.3) is 17.0 Å². The molecule has 0 aromatic carbocycles. The normalized spacial score (nSPS) is 14.4. The van der Waals surface area contributed by atoms with Gasteiger partial charge in [0.25, 0.3) is 5.56 Å². The second-order valence-electron chi connectivity index (χ2n) is 5.66. The molecule has 1 atom stereocenters. The lowest BCUT2D eigenvalue weighted by atomic mass is 10.2. The van der Waals surface area contributed by atoms with Crippen LogP contribution in [-0.2, 0) is 23.0 Å². The molecule has 0 spiro atoms. The zero-order valence-corrected chi connectivity index (χ0v) is 16.4. The first-order chi connectivity index (χ1) is 12.5. The molecule has 144 valence electrons. The van der Waals surface area contributed by atoms with E-state index in [2.05, 4.69) is 25.9 Å². The van der Waals surface area contributed by atoms with E-state index < -0.39 is 27.2 Å². The molecule has 0 aliphatic heterocycles. The largest absolute Gasteiger partial charge is 0.433 e. The van der Waals surface area contributed by atoms with Gasteiger partial charge < -0.3 is 0 Å². The Morgan fingerprint density at radius 2 is 1.96 bits per heavy atom. The maximum atomic E-state index is 13.1. The van der Waals surface area contributed by atoms with Crippen LogP contribution < -0.4 is 5.56 Å². The summed E-state index contributed by atoms with van der Waals surface area (Å²) < 4.78 is 61.9. The number of fused-ring (bicyclic) bond motifs is 1. The Hall–Kier alpha value is -2.21. The predicted octanol–water partition coefficient (Wildman–Crippen LogP) is 3.30.